The summed E-state index contributed by atoms with van der Waals surface area (Å²) in [4.78, 5) is 6.42. The summed E-state index contributed by atoms with van der Waals surface area (Å²) >= 11 is 0. The van der Waals surface area contributed by atoms with E-state index in [-0.39, 0.29) is 24.0 Å². The van der Waals surface area contributed by atoms with Gasteiger partial charge in [0.1, 0.15) is 0 Å². The van der Waals surface area contributed by atoms with E-state index in [1.807, 2.05) is 0 Å². The minimum Gasteiger partial charge on any atom is -0.379 e. The van der Waals surface area contributed by atoms with Crippen LogP contribution in [0.15, 0.2) is 29.3 Å². The lowest BCUT2D eigenvalue weighted by atomic mass is 10.1. The second-order valence-electron chi connectivity index (χ2n) is 5.50. The molecule has 1 aliphatic heterocycles. The minimum absolute atomic E-state index is 0. The van der Waals surface area contributed by atoms with Crippen molar-refractivity contribution in [2.24, 2.45) is 4.99 Å². The van der Waals surface area contributed by atoms with Gasteiger partial charge in [0.2, 0.25) is 0 Å². The van der Waals surface area contributed by atoms with Crippen LogP contribution in [0, 0.1) is 0 Å². The van der Waals surface area contributed by atoms with Crippen molar-refractivity contribution in [3.63, 3.8) is 0 Å². The Morgan fingerprint density at radius 1 is 1.16 bits per heavy atom. The number of halogens is 4. The highest BCUT2D eigenvalue weighted by atomic mass is 127. The SMILES string of the molecule is CN=C(NCCN1CCOCC1)NCc1ccc(C(F)(F)F)cc1.I. The van der Waals surface area contributed by atoms with Gasteiger partial charge in [-0.2, -0.15) is 13.2 Å². The smallest absolute Gasteiger partial charge is 0.379 e. The maximum atomic E-state index is 12.5. The second kappa shape index (κ2) is 10.8. The number of hydrogen-bond acceptors (Lipinski definition) is 3. The van der Waals surface area contributed by atoms with Crippen molar-refractivity contribution < 1.29 is 17.9 Å². The first-order valence-corrected chi connectivity index (χ1v) is 7.90. The highest BCUT2D eigenvalue weighted by molar-refractivity contribution is 14.0. The quantitative estimate of drug-likeness (QED) is 0.393. The Hall–Kier alpha value is -1.07. The van der Waals surface area contributed by atoms with Gasteiger partial charge in [0.25, 0.3) is 0 Å². The molecule has 1 heterocycles. The lowest BCUT2D eigenvalue weighted by Crippen LogP contribution is -2.44. The van der Waals surface area contributed by atoms with Crippen LogP contribution in [-0.2, 0) is 17.5 Å². The number of morpholine rings is 1. The highest BCUT2D eigenvalue weighted by Crippen LogP contribution is 2.28. The molecule has 5 nitrogen and oxygen atoms in total. The van der Waals surface area contributed by atoms with Crippen LogP contribution in [0.2, 0.25) is 0 Å². The molecular formula is C16H24F3IN4O. The summed E-state index contributed by atoms with van der Waals surface area (Å²) in [6, 6.07) is 5.12. The molecule has 2 N–H and O–H groups in total. The average Bonchev–Trinajstić information content (AvgIpc) is 2.58. The summed E-state index contributed by atoms with van der Waals surface area (Å²) in [6.07, 6.45) is -4.30. The predicted molar refractivity (Wildman–Crippen MR) is 102 cm³/mol. The van der Waals surface area contributed by atoms with Crippen LogP contribution in [0.4, 0.5) is 13.2 Å². The number of ether oxygens (including phenoxy) is 1. The molecule has 0 radical (unpaired) electrons. The zero-order valence-electron chi connectivity index (χ0n) is 14.1. The molecule has 2 rings (SSSR count). The number of hydrogen-bond donors (Lipinski definition) is 2. The van der Waals surface area contributed by atoms with Crippen LogP contribution < -0.4 is 10.6 Å². The van der Waals surface area contributed by atoms with Gasteiger partial charge in [-0.3, -0.25) is 9.89 Å². The van der Waals surface area contributed by atoms with Gasteiger partial charge < -0.3 is 15.4 Å². The number of nitrogens with one attached hydrogen (secondary N) is 2. The lowest BCUT2D eigenvalue weighted by Gasteiger charge is -2.26. The zero-order chi connectivity index (χ0) is 17.4. The molecule has 0 aliphatic carbocycles. The van der Waals surface area contributed by atoms with Crippen LogP contribution in [0.1, 0.15) is 11.1 Å². The van der Waals surface area contributed by atoms with Crippen LogP contribution >= 0.6 is 24.0 Å². The van der Waals surface area contributed by atoms with E-state index in [0.29, 0.717) is 12.5 Å². The van der Waals surface area contributed by atoms with E-state index < -0.39 is 11.7 Å². The van der Waals surface area contributed by atoms with Gasteiger partial charge >= 0.3 is 6.18 Å². The molecule has 0 unspecified atom stereocenters. The molecule has 1 aromatic carbocycles. The number of aliphatic imine (C=N–C) groups is 1. The number of benzene rings is 1. The fraction of sp³-hybridized carbons (Fsp3) is 0.562. The Morgan fingerprint density at radius 2 is 1.80 bits per heavy atom. The normalized spacial score (nSPS) is 16.2. The molecule has 1 saturated heterocycles. The van der Waals surface area contributed by atoms with Crippen molar-refractivity contribution in [3.05, 3.63) is 35.4 Å². The molecule has 0 saturated carbocycles. The van der Waals surface area contributed by atoms with E-state index in [1.54, 1.807) is 7.05 Å². The Morgan fingerprint density at radius 3 is 2.36 bits per heavy atom. The predicted octanol–water partition coefficient (Wildman–Crippen LogP) is 2.32. The molecular weight excluding hydrogens is 448 g/mol. The van der Waals surface area contributed by atoms with Gasteiger partial charge in [-0.05, 0) is 17.7 Å². The molecule has 1 fully saturated rings. The molecule has 0 spiro atoms. The summed E-state index contributed by atoms with van der Waals surface area (Å²) in [7, 11) is 1.66. The number of alkyl halides is 3. The monoisotopic (exact) mass is 472 g/mol. The molecule has 1 aliphatic rings. The zero-order valence-corrected chi connectivity index (χ0v) is 16.4. The van der Waals surface area contributed by atoms with Crippen LogP contribution in [0.25, 0.3) is 0 Å². The maximum absolute atomic E-state index is 12.5. The number of nitrogens with zero attached hydrogens (tertiary/aromatic N) is 2. The van der Waals surface area contributed by atoms with E-state index in [4.69, 9.17) is 4.74 Å². The number of rotatable bonds is 5. The molecule has 1 aromatic rings. The lowest BCUT2D eigenvalue weighted by molar-refractivity contribution is -0.137. The standard InChI is InChI=1S/C16H23F3N4O.HI/c1-20-15(21-6-7-23-8-10-24-11-9-23)22-12-13-2-4-14(5-3-13)16(17,18)19;/h2-5H,6-12H2,1H3,(H2,20,21,22);1H. The summed E-state index contributed by atoms with van der Waals surface area (Å²) < 4.78 is 42.9. The topological polar surface area (TPSA) is 48.9 Å². The van der Waals surface area contributed by atoms with Crippen LogP contribution in [0.3, 0.4) is 0 Å². The molecule has 25 heavy (non-hydrogen) atoms. The van der Waals surface area contributed by atoms with Crippen LogP contribution in [-0.4, -0.2) is 57.3 Å². The van der Waals surface area contributed by atoms with E-state index >= 15 is 0 Å². The van der Waals surface area contributed by atoms with Gasteiger partial charge in [0.15, 0.2) is 5.96 Å². The largest absolute Gasteiger partial charge is 0.416 e. The van der Waals surface area contributed by atoms with Crippen molar-refractivity contribution >= 4 is 29.9 Å². The molecule has 9 heteroatoms. The number of guanidine groups is 1. The first-order chi connectivity index (χ1) is 11.5. The van der Waals surface area contributed by atoms with Gasteiger partial charge in [-0.25, -0.2) is 0 Å². The summed E-state index contributed by atoms with van der Waals surface area (Å²) in [6.45, 7) is 5.44. The van der Waals surface area contributed by atoms with E-state index in [9.17, 15) is 13.2 Å². The Labute approximate surface area is 163 Å². The average molecular weight is 472 g/mol. The third kappa shape index (κ3) is 7.78. The molecule has 0 bridgehead atoms. The van der Waals surface area contributed by atoms with Crippen molar-refractivity contribution in [2.75, 3.05) is 46.4 Å². The highest BCUT2D eigenvalue weighted by Gasteiger charge is 2.29. The van der Waals surface area contributed by atoms with Gasteiger partial charge in [0.05, 0.1) is 18.8 Å². The summed E-state index contributed by atoms with van der Waals surface area (Å²) in [5.74, 6) is 0.628. The van der Waals surface area contributed by atoms with Crippen LogP contribution in [0.5, 0.6) is 0 Å². The summed E-state index contributed by atoms with van der Waals surface area (Å²) in [5.41, 5.74) is 0.124. The third-order valence-corrected chi connectivity index (χ3v) is 3.79. The fourth-order valence-electron chi connectivity index (χ4n) is 2.38. The third-order valence-electron chi connectivity index (χ3n) is 3.79. The summed E-state index contributed by atoms with van der Waals surface area (Å²) in [5, 5.41) is 6.30. The fourth-order valence-corrected chi connectivity index (χ4v) is 2.38. The van der Waals surface area contributed by atoms with Crippen molar-refractivity contribution in [1.82, 2.24) is 15.5 Å². The van der Waals surface area contributed by atoms with Gasteiger partial charge in [0, 0.05) is 39.8 Å². The van der Waals surface area contributed by atoms with Crippen molar-refractivity contribution in [1.29, 1.82) is 0 Å². The van der Waals surface area contributed by atoms with Crippen molar-refractivity contribution in [3.8, 4) is 0 Å². The Balaban J connectivity index is 0.00000312. The van der Waals surface area contributed by atoms with Gasteiger partial charge in [-0.1, -0.05) is 12.1 Å². The van der Waals surface area contributed by atoms with E-state index in [1.165, 1.54) is 12.1 Å². The Bertz CT molecular complexity index is 531. The first-order valence-electron chi connectivity index (χ1n) is 7.90. The Kier molecular flexibility index (Phi) is 9.51. The molecule has 0 aromatic heterocycles. The van der Waals surface area contributed by atoms with E-state index in [2.05, 4.69) is 20.5 Å². The van der Waals surface area contributed by atoms with Crippen molar-refractivity contribution in [2.45, 2.75) is 12.7 Å². The van der Waals surface area contributed by atoms with Gasteiger partial charge in [-0.15, -0.1) is 24.0 Å². The molecule has 142 valence electrons. The molecule has 0 atom stereocenters. The molecule has 0 amide bonds. The second-order valence-corrected chi connectivity index (χ2v) is 5.50. The van der Waals surface area contributed by atoms with E-state index in [0.717, 1.165) is 57.1 Å². The first kappa shape index (κ1) is 22.0. The maximum Gasteiger partial charge on any atom is 0.416 e. The minimum atomic E-state index is -4.30.